The van der Waals surface area contributed by atoms with Crippen molar-refractivity contribution in [1.29, 1.82) is 0 Å². The molecule has 110 valence electrons. The summed E-state index contributed by atoms with van der Waals surface area (Å²) in [7, 11) is 0. The Morgan fingerprint density at radius 3 is 1.68 bits per heavy atom. The molecule has 0 amide bonds. The van der Waals surface area contributed by atoms with Gasteiger partial charge in [0.15, 0.2) is 5.78 Å². The van der Waals surface area contributed by atoms with Gasteiger partial charge in [0, 0.05) is 11.5 Å². The third-order valence-electron chi connectivity index (χ3n) is 2.96. The van der Waals surface area contributed by atoms with Crippen LogP contribution in [-0.2, 0) is 21.9 Å². The van der Waals surface area contributed by atoms with E-state index in [0.29, 0.717) is 11.5 Å². The third-order valence-corrected chi connectivity index (χ3v) is 2.96. The van der Waals surface area contributed by atoms with Crippen molar-refractivity contribution in [3.63, 3.8) is 0 Å². The van der Waals surface area contributed by atoms with Crippen LogP contribution in [0.2, 0.25) is 0 Å². The number of hydrogen-bond acceptors (Lipinski definition) is 2. The zero-order valence-electron chi connectivity index (χ0n) is 12.0. The largest absolute Gasteiger partial charge is 2.00 e. The fourth-order valence-electron chi connectivity index (χ4n) is 1.85. The summed E-state index contributed by atoms with van der Waals surface area (Å²) in [6.07, 6.45) is 17.0. The Morgan fingerprint density at radius 1 is 0.682 bits per heavy atom. The van der Waals surface area contributed by atoms with Crippen LogP contribution in [0.15, 0.2) is 30.3 Å². The number of benzene rings is 1. The third kappa shape index (κ3) is 6.46. The minimum Gasteiger partial charge on any atom is -0.299 e. The summed E-state index contributed by atoms with van der Waals surface area (Å²) in [6.45, 7) is 0. The van der Waals surface area contributed by atoms with Gasteiger partial charge < -0.3 is 0 Å². The van der Waals surface area contributed by atoms with Gasteiger partial charge in [0.1, 0.15) is 5.78 Å². The van der Waals surface area contributed by atoms with Gasteiger partial charge in [-0.2, -0.15) is 0 Å². The van der Waals surface area contributed by atoms with Crippen LogP contribution in [0.3, 0.4) is 0 Å². The van der Waals surface area contributed by atoms with Crippen molar-refractivity contribution in [3.8, 4) is 0 Å². The van der Waals surface area contributed by atoms with E-state index in [2.05, 4.69) is 0 Å². The van der Waals surface area contributed by atoms with Gasteiger partial charge in [-0.05, 0) is 57.8 Å². The molecule has 2 nitrogen and oxygen atoms in total. The average Bonchev–Trinajstić information content (AvgIpc) is 3.23. The van der Waals surface area contributed by atoms with Gasteiger partial charge in [-0.1, -0.05) is 30.3 Å². The van der Waals surface area contributed by atoms with E-state index in [1.54, 1.807) is 49.9 Å². The Labute approximate surface area is 144 Å². The van der Waals surface area contributed by atoms with Crippen molar-refractivity contribution in [2.75, 3.05) is 0 Å². The van der Waals surface area contributed by atoms with E-state index in [1.807, 2.05) is 38.2 Å². The normalized spacial score (nSPS) is 17.3. The SMILES string of the molecule is O=C(CC(=O)c1ccccc1)[C]1[CH][CH][CH][CH]1.[CH]1[CH][CH][CH][CH]1.[Fe+2]. The van der Waals surface area contributed by atoms with Crippen LogP contribution in [0.5, 0.6) is 0 Å². The van der Waals surface area contributed by atoms with Gasteiger partial charge in [0.2, 0.25) is 0 Å². The summed E-state index contributed by atoms with van der Waals surface area (Å²) in [5.74, 6) is 0.343. The molecule has 0 aromatic heterocycles. The first kappa shape index (κ1) is 19.1. The topological polar surface area (TPSA) is 34.1 Å². The van der Waals surface area contributed by atoms with Crippen LogP contribution in [0, 0.1) is 63.7 Å². The van der Waals surface area contributed by atoms with E-state index in [0.717, 1.165) is 0 Å². The molecule has 0 atom stereocenters. The van der Waals surface area contributed by atoms with Crippen LogP contribution >= 0.6 is 0 Å². The molecule has 0 saturated heterocycles. The molecule has 2 fully saturated rings. The number of rotatable bonds is 4. The number of carbonyl (C=O) groups excluding carboxylic acids is 2. The Kier molecular flexibility index (Phi) is 9.34. The van der Waals surface area contributed by atoms with Crippen LogP contribution in [0.25, 0.3) is 0 Å². The fraction of sp³-hybridized carbons (Fsp3) is 0.0526. The molecule has 1 aromatic carbocycles. The van der Waals surface area contributed by atoms with Crippen molar-refractivity contribution in [1.82, 2.24) is 0 Å². The molecule has 2 saturated carbocycles. The van der Waals surface area contributed by atoms with Gasteiger partial charge in [-0.15, -0.1) is 0 Å². The van der Waals surface area contributed by atoms with E-state index >= 15 is 0 Å². The summed E-state index contributed by atoms with van der Waals surface area (Å²) >= 11 is 0. The first-order chi connectivity index (χ1) is 10.3. The van der Waals surface area contributed by atoms with E-state index < -0.39 is 0 Å². The van der Waals surface area contributed by atoms with Gasteiger partial charge in [-0.3, -0.25) is 9.59 Å². The molecule has 1 aromatic rings. The quantitative estimate of drug-likeness (QED) is 0.482. The molecular weight excluding hydrogens is 316 g/mol. The first-order valence-electron chi connectivity index (χ1n) is 6.77. The Balaban J connectivity index is 0.000000344. The molecule has 3 heteroatoms. The molecule has 22 heavy (non-hydrogen) atoms. The number of hydrogen-bond donors (Lipinski definition) is 0. The van der Waals surface area contributed by atoms with Crippen LogP contribution < -0.4 is 0 Å². The van der Waals surface area contributed by atoms with Gasteiger partial charge in [-0.25, -0.2) is 0 Å². The van der Waals surface area contributed by atoms with Crippen molar-refractivity contribution < 1.29 is 26.7 Å². The predicted octanol–water partition coefficient (Wildman–Crippen LogP) is 3.25. The zero-order valence-corrected chi connectivity index (χ0v) is 13.1. The molecule has 0 aliphatic heterocycles. The standard InChI is InChI=1S/C14H11O2.C5H5.Fe/c15-13(11-6-2-1-3-7-11)10-14(16)12-8-4-5-9-12;1-2-4-5-3-1;/h1-9H,10H2;1-5H;/q;;+2. The van der Waals surface area contributed by atoms with Crippen molar-refractivity contribution >= 4 is 11.6 Å². The number of ketones is 2. The molecule has 0 spiro atoms. The van der Waals surface area contributed by atoms with E-state index in [1.165, 1.54) is 0 Å². The molecule has 3 rings (SSSR count). The summed E-state index contributed by atoms with van der Waals surface area (Å²) in [5, 5.41) is 0. The average molecular weight is 332 g/mol. The van der Waals surface area contributed by atoms with Crippen molar-refractivity contribution in [3.05, 3.63) is 99.6 Å². The zero-order chi connectivity index (χ0) is 14.9. The first-order valence-corrected chi connectivity index (χ1v) is 6.77. The Morgan fingerprint density at radius 2 is 1.18 bits per heavy atom. The maximum Gasteiger partial charge on any atom is 2.00 e. The molecule has 10 radical (unpaired) electrons. The van der Waals surface area contributed by atoms with Gasteiger partial charge in [0.05, 0.1) is 6.42 Å². The summed E-state index contributed by atoms with van der Waals surface area (Å²) < 4.78 is 0. The predicted molar refractivity (Wildman–Crippen MR) is 82.3 cm³/mol. The summed E-state index contributed by atoms with van der Waals surface area (Å²) in [6, 6.07) is 8.87. The van der Waals surface area contributed by atoms with Crippen molar-refractivity contribution in [2.45, 2.75) is 6.42 Å². The molecular formula is C19H16FeO2+2. The second kappa shape index (κ2) is 10.7. The Bertz CT molecular complexity index is 438. The van der Waals surface area contributed by atoms with Crippen LogP contribution in [0.1, 0.15) is 16.8 Å². The van der Waals surface area contributed by atoms with E-state index in [4.69, 9.17) is 0 Å². The van der Waals surface area contributed by atoms with E-state index in [9.17, 15) is 9.59 Å². The van der Waals surface area contributed by atoms with Gasteiger partial charge in [0.25, 0.3) is 0 Å². The molecule has 0 heterocycles. The minimum absolute atomic E-state index is 0. The molecule has 2 aliphatic rings. The summed E-state index contributed by atoms with van der Waals surface area (Å²) in [4.78, 5) is 23.4. The van der Waals surface area contributed by atoms with E-state index in [-0.39, 0.29) is 35.1 Å². The Hall–Kier alpha value is -0.921. The fourth-order valence-corrected chi connectivity index (χ4v) is 1.85. The molecule has 0 unspecified atom stereocenters. The molecule has 0 bridgehead atoms. The maximum atomic E-state index is 11.7. The minimum atomic E-state index is -0.133. The van der Waals surface area contributed by atoms with Crippen molar-refractivity contribution in [2.24, 2.45) is 0 Å². The smallest absolute Gasteiger partial charge is 0.299 e. The second-order valence-corrected chi connectivity index (χ2v) is 4.52. The monoisotopic (exact) mass is 332 g/mol. The number of Topliss-reactive ketones (excluding diaryl/α,β-unsaturated/α-hetero) is 2. The van der Waals surface area contributed by atoms with Crippen LogP contribution in [0.4, 0.5) is 0 Å². The van der Waals surface area contributed by atoms with Crippen LogP contribution in [-0.4, -0.2) is 11.6 Å². The maximum absolute atomic E-state index is 11.7. The second-order valence-electron chi connectivity index (χ2n) is 4.52. The molecule has 2 aliphatic carbocycles. The summed E-state index contributed by atoms with van der Waals surface area (Å²) in [5.41, 5.74) is 0.586. The van der Waals surface area contributed by atoms with Gasteiger partial charge >= 0.3 is 17.1 Å². The number of carbonyl (C=O) groups is 2. The molecule has 0 N–H and O–H groups in total.